The molecule has 8 heteroatoms. The van der Waals surface area contributed by atoms with Crippen LogP contribution in [0.25, 0.3) is 0 Å². The second-order valence-corrected chi connectivity index (χ2v) is 5.05. The van der Waals surface area contributed by atoms with Crippen LogP contribution in [0.4, 0.5) is 0 Å². The van der Waals surface area contributed by atoms with Crippen molar-refractivity contribution < 1.29 is 28.6 Å². The number of rotatable bonds is 14. The van der Waals surface area contributed by atoms with Crippen LogP contribution in [0, 0.1) is 5.92 Å². The van der Waals surface area contributed by atoms with E-state index in [0.717, 1.165) is 0 Å². The van der Waals surface area contributed by atoms with E-state index in [2.05, 4.69) is 10.6 Å². The molecular formula is C15H28N2O6. The van der Waals surface area contributed by atoms with E-state index < -0.39 is 0 Å². The first-order chi connectivity index (χ1) is 11.0. The number of ether oxygens (including phenoxy) is 3. The van der Waals surface area contributed by atoms with E-state index in [-0.39, 0.29) is 56.4 Å². The molecule has 0 heterocycles. The Morgan fingerprint density at radius 3 is 2.17 bits per heavy atom. The van der Waals surface area contributed by atoms with Gasteiger partial charge in [-0.2, -0.15) is 0 Å². The van der Waals surface area contributed by atoms with E-state index in [1.165, 1.54) is 0 Å². The van der Waals surface area contributed by atoms with E-state index in [4.69, 9.17) is 14.2 Å². The zero-order chi connectivity index (χ0) is 17.5. The first kappa shape index (κ1) is 21.5. The molecule has 0 spiro atoms. The maximum atomic E-state index is 11.5. The highest BCUT2D eigenvalue weighted by Crippen LogP contribution is 1.93. The van der Waals surface area contributed by atoms with Crippen LogP contribution in [0.1, 0.15) is 20.8 Å². The molecule has 0 saturated carbocycles. The average Bonchev–Trinajstić information content (AvgIpc) is 2.52. The summed E-state index contributed by atoms with van der Waals surface area (Å²) in [4.78, 5) is 34.1. The Kier molecular flexibility index (Phi) is 13.2. The lowest BCUT2D eigenvalue weighted by molar-refractivity contribution is -0.129. The summed E-state index contributed by atoms with van der Waals surface area (Å²) in [5.41, 5.74) is 0. The molecule has 0 aromatic rings. The van der Waals surface area contributed by atoms with Gasteiger partial charge in [-0.15, -0.1) is 0 Å². The van der Waals surface area contributed by atoms with Crippen LogP contribution in [-0.2, 0) is 28.6 Å². The Bertz CT molecular complexity index is 360. The topological polar surface area (TPSA) is 103 Å². The number of Topliss-reactive ketones (excluding diaryl/α,β-unsaturated/α-hetero) is 1. The van der Waals surface area contributed by atoms with Gasteiger partial charge in [0, 0.05) is 19.1 Å². The van der Waals surface area contributed by atoms with E-state index in [1.54, 1.807) is 13.8 Å². The standard InChI is InChI=1S/C15H28N2O6/c1-4-21-7-8-23-11-15(20)17-9-14(19)16-5-6-22-10-13(18)12(2)3/h12H,4-11H2,1-3H3,(H,16,19)(H,17,20). The first-order valence-corrected chi connectivity index (χ1v) is 7.76. The minimum Gasteiger partial charge on any atom is -0.379 e. The Hall–Kier alpha value is -1.51. The van der Waals surface area contributed by atoms with Crippen molar-refractivity contribution in [1.29, 1.82) is 0 Å². The molecule has 0 saturated heterocycles. The number of hydrogen-bond acceptors (Lipinski definition) is 6. The van der Waals surface area contributed by atoms with Crippen molar-refractivity contribution >= 4 is 17.6 Å². The minimum atomic E-state index is -0.365. The summed E-state index contributed by atoms with van der Waals surface area (Å²) in [6.07, 6.45) is 0. The van der Waals surface area contributed by atoms with Gasteiger partial charge in [0.05, 0.1) is 26.4 Å². The number of hydrogen-bond donors (Lipinski definition) is 2. The quantitative estimate of drug-likeness (QED) is 0.416. The third kappa shape index (κ3) is 13.8. The van der Waals surface area contributed by atoms with Gasteiger partial charge in [-0.05, 0) is 6.92 Å². The number of ketones is 1. The van der Waals surface area contributed by atoms with E-state index in [9.17, 15) is 14.4 Å². The molecule has 2 amide bonds. The summed E-state index contributed by atoms with van der Waals surface area (Å²) in [5.74, 6) is -0.731. The maximum Gasteiger partial charge on any atom is 0.246 e. The van der Waals surface area contributed by atoms with Crippen molar-refractivity contribution in [1.82, 2.24) is 10.6 Å². The van der Waals surface area contributed by atoms with Gasteiger partial charge in [0.15, 0.2) is 5.78 Å². The highest BCUT2D eigenvalue weighted by molar-refractivity contribution is 5.85. The molecule has 0 radical (unpaired) electrons. The minimum absolute atomic E-state index is 0.0212. The van der Waals surface area contributed by atoms with Crippen molar-refractivity contribution in [3.05, 3.63) is 0 Å². The highest BCUT2D eigenvalue weighted by atomic mass is 16.5. The lowest BCUT2D eigenvalue weighted by Crippen LogP contribution is -2.39. The third-order valence-electron chi connectivity index (χ3n) is 2.71. The predicted octanol–water partition coefficient (Wildman–Crippen LogP) is -0.486. The van der Waals surface area contributed by atoms with Crippen LogP contribution in [0.5, 0.6) is 0 Å². The molecule has 8 nitrogen and oxygen atoms in total. The molecule has 0 fully saturated rings. The highest BCUT2D eigenvalue weighted by Gasteiger charge is 2.07. The molecule has 0 aliphatic carbocycles. The van der Waals surface area contributed by atoms with Crippen molar-refractivity contribution in [3.63, 3.8) is 0 Å². The SMILES string of the molecule is CCOCCOCC(=O)NCC(=O)NCCOCC(=O)C(C)C. The molecule has 0 aliphatic heterocycles. The largest absolute Gasteiger partial charge is 0.379 e. The lowest BCUT2D eigenvalue weighted by atomic mass is 10.1. The van der Waals surface area contributed by atoms with Gasteiger partial charge in [-0.25, -0.2) is 0 Å². The van der Waals surface area contributed by atoms with Crippen LogP contribution < -0.4 is 10.6 Å². The van der Waals surface area contributed by atoms with Crippen molar-refractivity contribution in [2.75, 3.05) is 52.7 Å². The van der Waals surface area contributed by atoms with Gasteiger partial charge < -0.3 is 24.8 Å². The Labute approximate surface area is 137 Å². The lowest BCUT2D eigenvalue weighted by Gasteiger charge is -2.08. The van der Waals surface area contributed by atoms with Crippen LogP contribution in [0.15, 0.2) is 0 Å². The molecule has 2 N–H and O–H groups in total. The maximum absolute atomic E-state index is 11.5. The molecule has 0 atom stereocenters. The molecule has 134 valence electrons. The summed E-state index contributed by atoms with van der Waals surface area (Å²) in [6.45, 7) is 7.19. The number of carbonyl (C=O) groups is 3. The monoisotopic (exact) mass is 332 g/mol. The summed E-state index contributed by atoms with van der Waals surface area (Å²) in [7, 11) is 0. The van der Waals surface area contributed by atoms with Crippen molar-refractivity contribution in [2.45, 2.75) is 20.8 Å². The van der Waals surface area contributed by atoms with Gasteiger partial charge in [0.1, 0.15) is 13.2 Å². The van der Waals surface area contributed by atoms with Crippen molar-refractivity contribution in [2.24, 2.45) is 5.92 Å². The summed E-state index contributed by atoms with van der Waals surface area (Å²) < 4.78 is 15.3. The molecule has 0 aliphatic rings. The number of carbonyl (C=O) groups excluding carboxylic acids is 3. The van der Waals surface area contributed by atoms with Gasteiger partial charge >= 0.3 is 0 Å². The van der Waals surface area contributed by atoms with E-state index >= 15 is 0 Å². The van der Waals surface area contributed by atoms with Crippen LogP contribution in [0.3, 0.4) is 0 Å². The zero-order valence-electron chi connectivity index (χ0n) is 14.2. The molecule has 0 bridgehead atoms. The van der Waals surface area contributed by atoms with E-state index in [0.29, 0.717) is 19.8 Å². The van der Waals surface area contributed by atoms with Crippen LogP contribution in [-0.4, -0.2) is 70.3 Å². The second-order valence-electron chi connectivity index (χ2n) is 5.05. The average molecular weight is 332 g/mol. The summed E-state index contributed by atoms with van der Waals surface area (Å²) in [5, 5.41) is 5.01. The Balaban J connectivity index is 3.49. The zero-order valence-corrected chi connectivity index (χ0v) is 14.2. The van der Waals surface area contributed by atoms with Crippen molar-refractivity contribution in [3.8, 4) is 0 Å². The van der Waals surface area contributed by atoms with Gasteiger partial charge in [0.2, 0.25) is 11.8 Å². The van der Waals surface area contributed by atoms with Gasteiger partial charge in [0.25, 0.3) is 0 Å². The molecule has 23 heavy (non-hydrogen) atoms. The molecular weight excluding hydrogens is 304 g/mol. The van der Waals surface area contributed by atoms with Gasteiger partial charge in [-0.3, -0.25) is 14.4 Å². The van der Waals surface area contributed by atoms with Crippen LogP contribution >= 0.6 is 0 Å². The summed E-state index contributed by atoms with van der Waals surface area (Å²) in [6, 6.07) is 0. The number of nitrogens with one attached hydrogen (secondary N) is 2. The van der Waals surface area contributed by atoms with Crippen LogP contribution in [0.2, 0.25) is 0 Å². The molecule has 0 unspecified atom stereocenters. The number of amides is 2. The molecule has 0 rings (SSSR count). The van der Waals surface area contributed by atoms with E-state index in [1.807, 2.05) is 6.92 Å². The second kappa shape index (κ2) is 14.1. The first-order valence-electron chi connectivity index (χ1n) is 7.76. The smallest absolute Gasteiger partial charge is 0.246 e. The molecule has 0 aromatic heterocycles. The summed E-state index contributed by atoms with van der Waals surface area (Å²) >= 11 is 0. The molecule has 0 aromatic carbocycles. The normalized spacial score (nSPS) is 10.6. The fourth-order valence-corrected chi connectivity index (χ4v) is 1.32. The Morgan fingerprint density at radius 2 is 1.52 bits per heavy atom. The predicted molar refractivity (Wildman–Crippen MR) is 84.0 cm³/mol. The third-order valence-corrected chi connectivity index (χ3v) is 2.71. The Morgan fingerprint density at radius 1 is 0.870 bits per heavy atom. The fraction of sp³-hybridized carbons (Fsp3) is 0.800. The van der Waals surface area contributed by atoms with Gasteiger partial charge in [-0.1, -0.05) is 13.8 Å². The fourth-order valence-electron chi connectivity index (χ4n) is 1.32.